The Morgan fingerprint density at radius 2 is 1.78 bits per heavy atom. The number of carbonyl (C=O) groups is 2. The van der Waals surface area contributed by atoms with Gasteiger partial charge < -0.3 is 19.9 Å². The molecular formula is C20H22ClN3O3. The number of para-hydroxylation sites is 2. The molecule has 0 saturated carbocycles. The molecule has 0 bridgehead atoms. The molecule has 1 aliphatic heterocycles. The molecule has 2 aromatic rings. The minimum Gasteiger partial charge on any atom is -0.495 e. The van der Waals surface area contributed by atoms with Crippen molar-refractivity contribution < 1.29 is 14.3 Å². The van der Waals surface area contributed by atoms with Crippen LogP contribution in [0.25, 0.3) is 0 Å². The third-order valence-electron chi connectivity index (χ3n) is 4.62. The molecule has 1 saturated heterocycles. The largest absolute Gasteiger partial charge is 0.495 e. The van der Waals surface area contributed by atoms with Crippen molar-refractivity contribution in [3.63, 3.8) is 0 Å². The van der Waals surface area contributed by atoms with Gasteiger partial charge in [0.05, 0.1) is 12.8 Å². The monoisotopic (exact) mass is 387 g/mol. The van der Waals surface area contributed by atoms with Gasteiger partial charge in [0.15, 0.2) is 0 Å². The number of hydrogen-bond acceptors (Lipinski definition) is 4. The summed E-state index contributed by atoms with van der Waals surface area (Å²) in [5.41, 5.74) is 2.39. The van der Waals surface area contributed by atoms with Gasteiger partial charge in [-0.05, 0) is 42.8 Å². The third-order valence-corrected chi connectivity index (χ3v) is 4.86. The molecule has 1 fully saturated rings. The van der Waals surface area contributed by atoms with Gasteiger partial charge in [-0.15, -0.1) is 0 Å². The topological polar surface area (TPSA) is 61.9 Å². The van der Waals surface area contributed by atoms with E-state index in [1.165, 1.54) is 0 Å². The highest BCUT2D eigenvalue weighted by Gasteiger charge is 2.27. The highest BCUT2D eigenvalue weighted by molar-refractivity contribution is 6.39. The predicted molar refractivity (Wildman–Crippen MR) is 107 cm³/mol. The number of hydrogen-bond donors (Lipinski definition) is 1. The molecular weight excluding hydrogens is 366 g/mol. The van der Waals surface area contributed by atoms with Gasteiger partial charge in [0.1, 0.15) is 5.75 Å². The number of benzene rings is 2. The molecule has 0 aliphatic carbocycles. The van der Waals surface area contributed by atoms with Crippen LogP contribution in [0, 0.1) is 6.92 Å². The number of amides is 2. The summed E-state index contributed by atoms with van der Waals surface area (Å²) in [6, 6.07) is 12.9. The van der Waals surface area contributed by atoms with Gasteiger partial charge in [0.25, 0.3) is 0 Å². The third kappa shape index (κ3) is 4.34. The van der Waals surface area contributed by atoms with Crippen molar-refractivity contribution in [2.45, 2.75) is 6.92 Å². The lowest BCUT2D eigenvalue weighted by atomic mass is 10.2. The van der Waals surface area contributed by atoms with Crippen LogP contribution in [0.3, 0.4) is 0 Å². The summed E-state index contributed by atoms with van der Waals surface area (Å²) in [7, 11) is 1.64. The second-order valence-corrected chi connectivity index (χ2v) is 6.80. The fourth-order valence-corrected chi connectivity index (χ4v) is 3.35. The second kappa shape index (κ2) is 8.31. The van der Waals surface area contributed by atoms with Crippen LogP contribution < -0.4 is 15.0 Å². The fraction of sp³-hybridized carbons (Fsp3) is 0.300. The van der Waals surface area contributed by atoms with Crippen LogP contribution in [0.2, 0.25) is 5.02 Å². The van der Waals surface area contributed by atoms with Crippen LogP contribution in [0.1, 0.15) is 5.56 Å². The van der Waals surface area contributed by atoms with Crippen LogP contribution in [0.4, 0.5) is 11.4 Å². The van der Waals surface area contributed by atoms with E-state index in [2.05, 4.69) is 10.2 Å². The van der Waals surface area contributed by atoms with Crippen LogP contribution in [0.5, 0.6) is 5.75 Å². The Labute approximate surface area is 163 Å². The van der Waals surface area contributed by atoms with Crippen molar-refractivity contribution in [2.24, 2.45) is 0 Å². The van der Waals surface area contributed by atoms with Crippen molar-refractivity contribution in [2.75, 3.05) is 43.5 Å². The number of aryl methyl sites for hydroxylation is 1. The Kier molecular flexibility index (Phi) is 5.86. The normalized spacial score (nSPS) is 14.0. The van der Waals surface area contributed by atoms with Crippen molar-refractivity contribution in [1.82, 2.24) is 4.90 Å². The molecule has 0 unspecified atom stereocenters. The summed E-state index contributed by atoms with van der Waals surface area (Å²) in [5, 5.41) is 3.26. The summed E-state index contributed by atoms with van der Waals surface area (Å²) >= 11 is 5.92. The van der Waals surface area contributed by atoms with Crippen molar-refractivity contribution >= 4 is 34.8 Å². The Morgan fingerprint density at radius 1 is 1.07 bits per heavy atom. The van der Waals surface area contributed by atoms with Crippen LogP contribution in [-0.4, -0.2) is 50.0 Å². The van der Waals surface area contributed by atoms with E-state index in [9.17, 15) is 9.59 Å². The average Bonchev–Trinajstić information content (AvgIpc) is 2.69. The Hall–Kier alpha value is -2.73. The van der Waals surface area contributed by atoms with E-state index in [1.54, 1.807) is 30.2 Å². The lowest BCUT2D eigenvalue weighted by Gasteiger charge is -2.36. The molecule has 6 nitrogen and oxygen atoms in total. The number of methoxy groups -OCH3 is 1. The number of ether oxygens (including phenoxy) is 1. The lowest BCUT2D eigenvalue weighted by Crippen LogP contribution is -2.51. The van der Waals surface area contributed by atoms with Gasteiger partial charge in [0.2, 0.25) is 0 Å². The maximum absolute atomic E-state index is 12.5. The summed E-state index contributed by atoms with van der Waals surface area (Å²) in [5.74, 6) is -0.358. The maximum atomic E-state index is 12.5. The van der Waals surface area contributed by atoms with E-state index in [4.69, 9.17) is 16.3 Å². The maximum Gasteiger partial charge on any atom is 0.313 e. The van der Waals surface area contributed by atoms with E-state index < -0.39 is 11.8 Å². The van der Waals surface area contributed by atoms with E-state index in [0.717, 1.165) is 17.0 Å². The molecule has 1 N–H and O–H groups in total. The Morgan fingerprint density at radius 3 is 2.44 bits per heavy atom. The SMILES string of the molecule is COc1ccccc1N1CCN(C(=O)C(=O)Nc2ccc(Cl)cc2C)CC1. The minimum absolute atomic E-state index is 0.476. The predicted octanol–water partition coefficient (Wildman–Crippen LogP) is 2.94. The lowest BCUT2D eigenvalue weighted by molar-refractivity contribution is -0.143. The van der Waals surface area contributed by atoms with E-state index in [-0.39, 0.29) is 0 Å². The van der Waals surface area contributed by atoms with Gasteiger partial charge in [-0.2, -0.15) is 0 Å². The molecule has 7 heteroatoms. The molecule has 0 atom stereocenters. The number of piperazine rings is 1. The van der Waals surface area contributed by atoms with Gasteiger partial charge in [-0.25, -0.2) is 0 Å². The van der Waals surface area contributed by atoms with E-state index in [0.29, 0.717) is 36.9 Å². The Balaban J connectivity index is 1.60. The smallest absolute Gasteiger partial charge is 0.313 e. The minimum atomic E-state index is -0.633. The molecule has 3 rings (SSSR count). The summed E-state index contributed by atoms with van der Waals surface area (Å²) < 4.78 is 5.40. The number of rotatable bonds is 3. The fourth-order valence-electron chi connectivity index (χ4n) is 3.13. The van der Waals surface area contributed by atoms with Crippen molar-refractivity contribution in [1.29, 1.82) is 0 Å². The zero-order valence-electron chi connectivity index (χ0n) is 15.4. The van der Waals surface area contributed by atoms with Gasteiger partial charge in [-0.1, -0.05) is 23.7 Å². The summed E-state index contributed by atoms with van der Waals surface area (Å²) in [6.45, 7) is 4.06. The van der Waals surface area contributed by atoms with Crippen molar-refractivity contribution in [3.8, 4) is 5.75 Å². The van der Waals surface area contributed by atoms with Crippen LogP contribution in [0.15, 0.2) is 42.5 Å². The molecule has 142 valence electrons. The molecule has 0 spiro atoms. The first-order valence-electron chi connectivity index (χ1n) is 8.74. The number of anilines is 2. The molecule has 1 heterocycles. The van der Waals surface area contributed by atoms with E-state index >= 15 is 0 Å². The molecule has 27 heavy (non-hydrogen) atoms. The number of nitrogens with one attached hydrogen (secondary N) is 1. The van der Waals surface area contributed by atoms with Crippen LogP contribution in [-0.2, 0) is 9.59 Å². The molecule has 2 amide bonds. The van der Waals surface area contributed by atoms with E-state index in [1.807, 2.05) is 31.2 Å². The first kappa shape index (κ1) is 19.0. The Bertz CT molecular complexity index is 848. The molecule has 0 aromatic heterocycles. The summed E-state index contributed by atoms with van der Waals surface area (Å²) in [6.07, 6.45) is 0. The second-order valence-electron chi connectivity index (χ2n) is 6.36. The zero-order chi connectivity index (χ0) is 19.4. The molecule has 2 aromatic carbocycles. The first-order chi connectivity index (χ1) is 13.0. The van der Waals surface area contributed by atoms with Gasteiger partial charge >= 0.3 is 11.8 Å². The number of nitrogens with zero attached hydrogens (tertiary/aromatic N) is 2. The quantitative estimate of drug-likeness (QED) is 0.822. The number of carbonyl (C=O) groups excluding carboxylic acids is 2. The van der Waals surface area contributed by atoms with Gasteiger partial charge in [0, 0.05) is 36.9 Å². The number of halogens is 1. The van der Waals surface area contributed by atoms with Crippen molar-refractivity contribution in [3.05, 3.63) is 53.1 Å². The first-order valence-corrected chi connectivity index (χ1v) is 9.12. The average molecular weight is 388 g/mol. The standard InChI is InChI=1S/C20H22ClN3O3/c1-14-13-15(21)7-8-16(14)22-19(25)20(26)24-11-9-23(10-12-24)17-5-3-4-6-18(17)27-2/h3-8,13H,9-12H2,1-2H3,(H,22,25). The van der Waals surface area contributed by atoms with Gasteiger partial charge in [-0.3, -0.25) is 9.59 Å². The van der Waals surface area contributed by atoms with Crippen LogP contribution >= 0.6 is 11.6 Å². The summed E-state index contributed by atoms with van der Waals surface area (Å²) in [4.78, 5) is 28.6. The molecule has 1 aliphatic rings. The highest BCUT2D eigenvalue weighted by Crippen LogP contribution is 2.28. The highest BCUT2D eigenvalue weighted by atomic mass is 35.5. The zero-order valence-corrected chi connectivity index (χ0v) is 16.1. The molecule has 0 radical (unpaired) electrons.